The van der Waals surface area contributed by atoms with Gasteiger partial charge in [-0.3, -0.25) is 0 Å². The van der Waals surface area contributed by atoms with Crippen molar-refractivity contribution < 1.29 is 12.8 Å². The first-order chi connectivity index (χ1) is 9.53. The first-order valence-corrected chi connectivity index (χ1v) is 8.40. The highest BCUT2D eigenvalue weighted by atomic mass is 32.2. The van der Waals surface area contributed by atoms with Crippen molar-refractivity contribution in [2.45, 2.75) is 17.9 Å². The lowest BCUT2D eigenvalue weighted by atomic mass is 10.2. The number of halogens is 1. The molecule has 4 nitrogen and oxygen atoms in total. The standard InChI is InChI=1S/C13H15FN2O2S2/c14-13-4-3-12(8-10(13)9-15)20(17,18)16-6-5-11-2-1-7-19-11/h1-4,7-8,16H,5-6,9,15H2. The van der Waals surface area contributed by atoms with Gasteiger partial charge in [0, 0.05) is 23.5 Å². The van der Waals surface area contributed by atoms with Crippen LogP contribution in [0, 0.1) is 5.82 Å². The fourth-order valence-corrected chi connectivity index (χ4v) is 3.51. The van der Waals surface area contributed by atoms with E-state index in [2.05, 4.69) is 4.72 Å². The van der Waals surface area contributed by atoms with Crippen molar-refractivity contribution in [3.8, 4) is 0 Å². The minimum atomic E-state index is -3.63. The summed E-state index contributed by atoms with van der Waals surface area (Å²) in [5.74, 6) is -0.495. The third-order valence-electron chi connectivity index (χ3n) is 2.79. The molecule has 1 heterocycles. The molecule has 0 radical (unpaired) electrons. The monoisotopic (exact) mass is 314 g/mol. The van der Waals surface area contributed by atoms with Gasteiger partial charge in [0.1, 0.15) is 5.82 Å². The third kappa shape index (κ3) is 3.63. The first kappa shape index (κ1) is 15.1. The normalized spacial score (nSPS) is 11.7. The molecule has 0 aliphatic heterocycles. The fourth-order valence-electron chi connectivity index (χ4n) is 1.72. The number of hydrogen-bond acceptors (Lipinski definition) is 4. The van der Waals surface area contributed by atoms with Crippen LogP contribution in [-0.4, -0.2) is 15.0 Å². The summed E-state index contributed by atoms with van der Waals surface area (Å²) in [4.78, 5) is 1.14. The zero-order chi connectivity index (χ0) is 14.6. The smallest absolute Gasteiger partial charge is 0.240 e. The molecule has 2 rings (SSSR count). The quantitative estimate of drug-likeness (QED) is 0.855. The van der Waals surface area contributed by atoms with Crippen molar-refractivity contribution in [2.24, 2.45) is 5.73 Å². The van der Waals surface area contributed by atoms with E-state index >= 15 is 0 Å². The number of sulfonamides is 1. The molecular weight excluding hydrogens is 299 g/mol. The number of benzene rings is 1. The highest BCUT2D eigenvalue weighted by Crippen LogP contribution is 2.15. The highest BCUT2D eigenvalue weighted by Gasteiger charge is 2.15. The summed E-state index contributed by atoms with van der Waals surface area (Å²) in [6.45, 7) is 0.266. The van der Waals surface area contributed by atoms with Crippen LogP contribution in [0.15, 0.2) is 40.6 Å². The number of hydrogen-bond donors (Lipinski definition) is 2. The van der Waals surface area contributed by atoms with E-state index in [1.165, 1.54) is 12.1 Å². The molecule has 3 N–H and O–H groups in total. The predicted octanol–water partition coefficient (Wildman–Crippen LogP) is 1.87. The van der Waals surface area contributed by atoms with E-state index < -0.39 is 15.8 Å². The van der Waals surface area contributed by atoms with Gasteiger partial charge in [-0.1, -0.05) is 6.07 Å². The maximum atomic E-state index is 13.3. The summed E-state index contributed by atoms with van der Waals surface area (Å²) >= 11 is 1.58. The topological polar surface area (TPSA) is 72.2 Å². The molecule has 0 aliphatic carbocycles. The van der Waals surface area contributed by atoms with Gasteiger partial charge >= 0.3 is 0 Å². The molecule has 20 heavy (non-hydrogen) atoms. The van der Waals surface area contributed by atoms with Gasteiger partial charge in [-0.15, -0.1) is 11.3 Å². The highest BCUT2D eigenvalue weighted by molar-refractivity contribution is 7.89. The van der Waals surface area contributed by atoms with Crippen LogP contribution in [0.4, 0.5) is 4.39 Å². The third-order valence-corrected chi connectivity index (χ3v) is 5.19. The van der Waals surface area contributed by atoms with E-state index in [0.29, 0.717) is 13.0 Å². The Morgan fingerprint density at radius 3 is 2.75 bits per heavy atom. The molecule has 0 fully saturated rings. The van der Waals surface area contributed by atoms with Gasteiger partial charge < -0.3 is 5.73 Å². The van der Waals surface area contributed by atoms with Crippen LogP contribution in [0.3, 0.4) is 0 Å². The molecule has 0 bridgehead atoms. The molecule has 1 aromatic carbocycles. The Balaban J connectivity index is 2.06. The summed E-state index contributed by atoms with van der Waals surface area (Å²) in [5, 5.41) is 1.94. The van der Waals surface area contributed by atoms with Gasteiger partial charge in [-0.2, -0.15) is 0 Å². The lowest BCUT2D eigenvalue weighted by molar-refractivity contribution is 0.579. The lowest BCUT2D eigenvalue weighted by Gasteiger charge is -2.08. The Kier molecular flexibility index (Phi) is 4.87. The Hall–Kier alpha value is -1.28. The zero-order valence-electron chi connectivity index (χ0n) is 10.7. The van der Waals surface area contributed by atoms with Crippen LogP contribution in [0.5, 0.6) is 0 Å². The molecule has 0 amide bonds. The first-order valence-electron chi connectivity index (χ1n) is 6.03. The van der Waals surface area contributed by atoms with E-state index in [1.807, 2.05) is 17.5 Å². The van der Waals surface area contributed by atoms with E-state index in [-0.39, 0.29) is 17.0 Å². The van der Waals surface area contributed by atoms with Crippen molar-refractivity contribution in [3.05, 3.63) is 52.0 Å². The molecule has 7 heteroatoms. The van der Waals surface area contributed by atoms with Gasteiger partial charge in [0.05, 0.1) is 4.90 Å². The van der Waals surface area contributed by atoms with Crippen molar-refractivity contribution in [2.75, 3.05) is 6.54 Å². The second-order valence-corrected chi connectivity index (χ2v) is 6.98. The maximum absolute atomic E-state index is 13.3. The zero-order valence-corrected chi connectivity index (χ0v) is 12.3. The molecule has 0 atom stereocenters. The average Bonchev–Trinajstić information content (AvgIpc) is 2.92. The van der Waals surface area contributed by atoms with Gasteiger partial charge in [0.15, 0.2) is 0 Å². The molecule has 0 unspecified atom stereocenters. The minimum absolute atomic E-state index is 0.0329. The van der Waals surface area contributed by atoms with Crippen LogP contribution in [0.25, 0.3) is 0 Å². The summed E-state index contributed by atoms with van der Waals surface area (Å²) in [6, 6.07) is 7.49. The lowest BCUT2D eigenvalue weighted by Crippen LogP contribution is -2.26. The van der Waals surface area contributed by atoms with Gasteiger partial charge in [-0.05, 0) is 36.1 Å². The Bertz CT molecular complexity index is 670. The molecular formula is C13H15FN2O2S2. The summed E-state index contributed by atoms with van der Waals surface area (Å²) in [7, 11) is -3.63. The van der Waals surface area contributed by atoms with Gasteiger partial charge in [0.25, 0.3) is 0 Å². The number of nitrogens with one attached hydrogen (secondary N) is 1. The molecule has 108 valence electrons. The second kappa shape index (κ2) is 6.45. The average molecular weight is 314 g/mol. The van der Waals surface area contributed by atoms with E-state index in [1.54, 1.807) is 11.3 Å². The number of thiophene rings is 1. The van der Waals surface area contributed by atoms with Crippen LogP contribution in [0.2, 0.25) is 0 Å². The van der Waals surface area contributed by atoms with Crippen molar-refractivity contribution in [1.29, 1.82) is 0 Å². The summed E-state index contributed by atoms with van der Waals surface area (Å²) < 4.78 is 39.9. The molecule has 0 spiro atoms. The molecule has 0 saturated carbocycles. The summed E-state index contributed by atoms with van der Waals surface area (Å²) in [5.41, 5.74) is 5.56. The Labute approximate surface area is 121 Å². The van der Waals surface area contributed by atoms with Crippen molar-refractivity contribution >= 4 is 21.4 Å². The molecule has 0 aliphatic rings. The maximum Gasteiger partial charge on any atom is 0.240 e. The molecule has 0 saturated heterocycles. The van der Waals surface area contributed by atoms with E-state index in [0.717, 1.165) is 10.9 Å². The van der Waals surface area contributed by atoms with Crippen LogP contribution in [0.1, 0.15) is 10.4 Å². The minimum Gasteiger partial charge on any atom is -0.326 e. The second-order valence-electron chi connectivity index (χ2n) is 4.18. The number of rotatable bonds is 6. The van der Waals surface area contributed by atoms with Gasteiger partial charge in [0.2, 0.25) is 10.0 Å². The van der Waals surface area contributed by atoms with E-state index in [9.17, 15) is 12.8 Å². The largest absolute Gasteiger partial charge is 0.326 e. The van der Waals surface area contributed by atoms with Crippen LogP contribution >= 0.6 is 11.3 Å². The Morgan fingerprint density at radius 2 is 2.10 bits per heavy atom. The molecule has 2 aromatic rings. The van der Waals surface area contributed by atoms with Crippen molar-refractivity contribution in [3.63, 3.8) is 0 Å². The fraction of sp³-hybridized carbons (Fsp3) is 0.231. The molecule has 1 aromatic heterocycles. The van der Waals surface area contributed by atoms with Crippen LogP contribution in [-0.2, 0) is 23.0 Å². The van der Waals surface area contributed by atoms with Crippen molar-refractivity contribution in [1.82, 2.24) is 4.72 Å². The SMILES string of the molecule is NCc1cc(S(=O)(=O)NCCc2cccs2)ccc1F. The Morgan fingerprint density at radius 1 is 1.30 bits per heavy atom. The van der Waals surface area contributed by atoms with Gasteiger partial charge in [-0.25, -0.2) is 17.5 Å². The number of nitrogens with two attached hydrogens (primary N) is 1. The van der Waals surface area contributed by atoms with Crippen LogP contribution < -0.4 is 10.5 Å². The predicted molar refractivity (Wildman–Crippen MR) is 77.5 cm³/mol. The summed E-state index contributed by atoms with van der Waals surface area (Å²) in [6.07, 6.45) is 0.627. The van der Waals surface area contributed by atoms with E-state index in [4.69, 9.17) is 5.73 Å².